The lowest BCUT2D eigenvalue weighted by molar-refractivity contribution is 0.237. The van der Waals surface area contributed by atoms with Crippen LogP contribution in [0.3, 0.4) is 0 Å². The van der Waals surface area contributed by atoms with Crippen molar-refractivity contribution in [2.24, 2.45) is 0 Å². The molecule has 0 fully saturated rings. The van der Waals surface area contributed by atoms with Gasteiger partial charge in [-0.3, -0.25) is 0 Å². The Kier molecular flexibility index (Phi) is 5.83. The van der Waals surface area contributed by atoms with E-state index in [1.165, 1.54) is 0 Å². The zero-order valence-electron chi connectivity index (χ0n) is 12.6. The van der Waals surface area contributed by atoms with E-state index in [0.717, 1.165) is 21.3 Å². The summed E-state index contributed by atoms with van der Waals surface area (Å²) in [5, 5.41) is 5.77. The first-order chi connectivity index (χ1) is 10.6. The second-order valence-corrected chi connectivity index (χ2v) is 5.83. The Labute approximate surface area is 139 Å². The van der Waals surface area contributed by atoms with E-state index >= 15 is 0 Å². The smallest absolute Gasteiger partial charge is 0.315 e. The van der Waals surface area contributed by atoms with Gasteiger partial charge in [0.1, 0.15) is 5.75 Å². The molecule has 4 nitrogen and oxygen atoms in total. The predicted octanol–water partition coefficient (Wildman–Crippen LogP) is 4.02. The molecule has 1 unspecified atom stereocenters. The highest BCUT2D eigenvalue weighted by Gasteiger charge is 2.10. The number of nitrogens with one attached hydrogen (secondary N) is 2. The van der Waals surface area contributed by atoms with Crippen LogP contribution >= 0.6 is 15.9 Å². The van der Waals surface area contributed by atoms with Crippen LogP contribution < -0.4 is 15.4 Å². The molecule has 2 rings (SSSR count). The van der Waals surface area contributed by atoms with Crippen LogP contribution in [0.2, 0.25) is 0 Å². The third kappa shape index (κ3) is 4.49. The number of ether oxygens (including phenoxy) is 1. The fraction of sp³-hybridized carbons (Fsp3) is 0.235. The SMILES string of the molecule is COc1ccccc1CNC(=O)NC(C)c1cccc(Br)c1. The van der Waals surface area contributed by atoms with Crippen molar-refractivity contribution in [3.63, 3.8) is 0 Å². The Morgan fingerprint density at radius 1 is 1.23 bits per heavy atom. The minimum absolute atomic E-state index is 0.0739. The minimum atomic E-state index is -0.210. The van der Waals surface area contributed by atoms with Crippen molar-refractivity contribution < 1.29 is 9.53 Å². The standard InChI is InChI=1S/C17H19BrN2O2/c1-12(13-7-5-8-15(18)10-13)20-17(21)19-11-14-6-3-4-9-16(14)22-2/h3-10,12H,11H2,1-2H3,(H2,19,20,21). The fourth-order valence-corrected chi connectivity index (χ4v) is 2.55. The number of methoxy groups -OCH3 is 1. The molecule has 0 radical (unpaired) electrons. The van der Waals surface area contributed by atoms with Gasteiger partial charge in [-0.2, -0.15) is 0 Å². The van der Waals surface area contributed by atoms with Gasteiger partial charge in [0, 0.05) is 16.6 Å². The number of hydrogen-bond acceptors (Lipinski definition) is 2. The van der Waals surface area contributed by atoms with Gasteiger partial charge < -0.3 is 15.4 Å². The molecule has 22 heavy (non-hydrogen) atoms. The van der Waals surface area contributed by atoms with E-state index in [1.54, 1.807) is 7.11 Å². The van der Waals surface area contributed by atoms with E-state index in [4.69, 9.17) is 4.74 Å². The van der Waals surface area contributed by atoms with Crippen molar-refractivity contribution in [1.82, 2.24) is 10.6 Å². The van der Waals surface area contributed by atoms with E-state index in [1.807, 2.05) is 55.5 Å². The van der Waals surface area contributed by atoms with Crippen LogP contribution in [0.4, 0.5) is 4.79 Å². The van der Waals surface area contributed by atoms with Gasteiger partial charge in [0.15, 0.2) is 0 Å². The second kappa shape index (κ2) is 7.84. The summed E-state index contributed by atoms with van der Waals surface area (Å²) in [6, 6.07) is 15.2. The van der Waals surface area contributed by atoms with Crippen LogP contribution in [0.1, 0.15) is 24.1 Å². The Balaban J connectivity index is 1.90. The number of hydrogen-bond donors (Lipinski definition) is 2. The molecular weight excluding hydrogens is 344 g/mol. The molecule has 0 heterocycles. The lowest BCUT2D eigenvalue weighted by atomic mass is 10.1. The second-order valence-electron chi connectivity index (χ2n) is 4.92. The highest BCUT2D eigenvalue weighted by Crippen LogP contribution is 2.18. The zero-order valence-corrected chi connectivity index (χ0v) is 14.2. The maximum absolute atomic E-state index is 12.0. The van der Waals surface area contributed by atoms with Crippen molar-refractivity contribution in [1.29, 1.82) is 0 Å². The van der Waals surface area contributed by atoms with Crippen LogP contribution in [0.25, 0.3) is 0 Å². The maximum Gasteiger partial charge on any atom is 0.315 e. The van der Waals surface area contributed by atoms with Gasteiger partial charge in [-0.15, -0.1) is 0 Å². The first kappa shape index (κ1) is 16.4. The third-order valence-electron chi connectivity index (χ3n) is 3.33. The molecule has 2 N–H and O–H groups in total. The molecule has 2 aromatic rings. The van der Waals surface area contributed by atoms with Crippen LogP contribution in [0.5, 0.6) is 5.75 Å². The summed E-state index contributed by atoms with van der Waals surface area (Å²) in [5.41, 5.74) is 1.98. The van der Waals surface area contributed by atoms with Gasteiger partial charge in [-0.1, -0.05) is 46.3 Å². The Bertz CT molecular complexity index is 646. The van der Waals surface area contributed by atoms with Crippen LogP contribution in [-0.4, -0.2) is 13.1 Å². The molecule has 2 aromatic carbocycles. The molecule has 2 amide bonds. The Hall–Kier alpha value is -2.01. The zero-order chi connectivity index (χ0) is 15.9. The van der Waals surface area contributed by atoms with Crippen LogP contribution in [0.15, 0.2) is 53.0 Å². The summed E-state index contributed by atoms with van der Waals surface area (Å²) in [6.07, 6.45) is 0. The van der Waals surface area contributed by atoms with Gasteiger partial charge in [0.2, 0.25) is 0 Å². The number of benzene rings is 2. The van der Waals surface area contributed by atoms with Gasteiger partial charge in [0.25, 0.3) is 0 Å². The van der Waals surface area contributed by atoms with Crippen molar-refractivity contribution in [3.05, 3.63) is 64.1 Å². The molecule has 0 bridgehead atoms. The average molecular weight is 363 g/mol. The summed E-state index contributed by atoms with van der Waals surface area (Å²) < 4.78 is 6.26. The van der Waals surface area contributed by atoms with E-state index in [0.29, 0.717) is 6.54 Å². The number of amides is 2. The summed E-state index contributed by atoms with van der Waals surface area (Å²) in [4.78, 5) is 12.0. The summed E-state index contributed by atoms with van der Waals surface area (Å²) in [5.74, 6) is 0.767. The van der Waals surface area contributed by atoms with Crippen molar-refractivity contribution >= 4 is 22.0 Å². The van der Waals surface area contributed by atoms with Crippen molar-refractivity contribution in [3.8, 4) is 5.75 Å². The molecule has 0 aliphatic carbocycles. The highest BCUT2D eigenvalue weighted by atomic mass is 79.9. The molecule has 5 heteroatoms. The number of rotatable bonds is 5. The first-order valence-electron chi connectivity index (χ1n) is 7.02. The maximum atomic E-state index is 12.0. The lowest BCUT2D eigenvalue weighted by Crippen LogP contribution is -2.36. The molecule has 0 aromatic heterocycles. The summed E-state index contributed by atoms with van der Waals surface area (Å²) in [7, 11) is 1.62. The number of urea groups is 1. The molecule has 0 aliphatic rings. The summed E-state index contributed by atoms with van der Waals surface area (Å²) in [6.45, 7) is 2.37. The number of halogens is 1. The predicted molar refractivity (Wildman–Crippen MR) is 90.9 cm³/mol. The average Bonchev–Trinajstić information content (AvgIpc) is 2.53. The van der Waals surface area contributed by atoms with Crippen molar-refractivity contribution in [2.45, 2.75) is 19.5 Å². The highest BCUT2D eigenvalue weighted by molar-refractivity contribution is 9.10. The molecule has 0 saturated carbocycles. The minimum Gasteiger partial charge on any atom is -0.496 e. The molecule has 116 valence electrons. The van der Waals surface area contributed by atoms with Crippen LogP contribution in [-0.2, 0) is 6.54 Å². The molecule has 0 saturated heterocycles. The topological polar surface area (TPSA) is 50.4 Å². The van der Waals surface area contributed by atoms with E-state index in [9.17, 15) is 4.79 Å². The number of carbonyl (C=O) groups excluding carboxylic acids is 1. The monoisotopic (exact) mass is 362 g/mol. The normalized spacial score (nSPS) is 11.6. The largest absolute Gasteiger partial charge is 0.496 e. The van der Waals surface area contributed by atoms with E-state index < -0.39 is 0 Å². The lowest BCUT2D eigenvalue weighted by Gasteiger charge is -2.16. The molecule has 1 atom stereocenters. The molecule has 0 spiro atoms. The van der Waals surface area contributed by atoms with E-state index in [-0.39, 0.29) is 12.1 Å². The van der Waals surface area contributed by atoms with Gasteiger partial charge in [-0.05, 0) is 30.7 Å². The van der Waals surface area contributed by atoms with Crippen molar-refractivity contribution in [2.75, 3.05) is 7.11 Å². The Morgan fingerprint density at radius 2 is 2.00 bits per heavy atom. The number of carbonyl (C=O) groups is 1. The quantitative estimate of drug-likeness (QED) is 0.843. The van der Waals surface area contributed by atoms with Gasteiger partial charge in [0.05, 0.1) is 13.2 Å². The summed E-state index contributed by atoms with van der Waals surface area (Å²) >= 11 is 3.43. The van der Waals surface area contributed by atoms with Gasteiger partial charge in [-0.25, -0.2) is 4.79 Å². The first-order valence-corrected chi connectivity index (χ1v) is 7.81. The third-order valence-corrected chi connectivity index (χ3v) is 3.82. The molecular formula is C17H19BrN2O2. The fourth-order valence-electron chi connectivity index (χ4n) is 2.13. The van der Waals surface area contributed by atoms with Gasteiger partial charge >= 0.3 is 6.03 Å². The number of para-hydroxylation sites is 1. The molecule has 0 aliphatic heterocycles. The van der Waals surface area contributed by atoms with Crippen LogP contribution in [0, 0.1) is 0 Å². The van der Waals surface area contributed by atoms with E-state index in [2.05, 4.69) is 26.6 Å². The Morgan fingerprint density at radius 3 is 2.73 bits per heavy atom.